The first-order valence-corrected chi connectivity index (χ1v) is 7.15. The molecule has 1 heterocycles. The molecule has 0 aromatic heterocycles. The summed E-state index contributed by atoms with van der Waals surface area (Å²) in [5, 5.41) is 15.5. The number of carbonyl (C=O) groups is 1. The summed E-state index contributed by atoms with van der Waals surface area (Å²) in [6, 6.07) is 8.10. The number of amides is 1. The number of carbonyl (C=O) groups excluding carboxylic acids is 1. The van der Waals surface area contributed by atoms with Gasteiger partial charge in [-0.05, 0) is 18.9 Å². The standard InChI is InChI=1S/C16H24N2O2/c1-11-5-4-6-12(7-11)16(2,3)10-18-15(20)14-8-13(19)9-17-14/h4-7,13-14,17,19H,8-10H2,1-3H3,(H,18,20). The van der Waals surface area contributed by atoms with Crippen LogP contribution in [-0.4, -0.2) is 36.2 Å². The maximum Gasteiger partial charge on any atom is 0.237 e. The van der Waals surface area contributed by atoms with Crippen LogP contribution < -0.4 is 10.6 Å². The molecule has 0 saturated carbocycles. The second-order valence-electron chi connectivity index (χ2n) is 6.32. The van der Waals surface area contributed by atoms with Crippen LogP contribution in [0.5, 0.6) is 0 Å². The first-order chi connectivity index (χ1) is 9.38. The van der Waals surface area contributed by atoms with Crippen molar-refractivity contribution in [2.24, 2.45) is 0 Å². The molecule has 1 aliphatic heterocycles. The van der Waals surface area contributed by atoms with E-state index in [0.717, 1.165) is 0 Å². The maximum absolute atomic E-state index is 12.1. The minimum absolute atomic E-state index is 0.0257. The second-order valence-corrected chi connectivity index (χ2v) is 6.32. The molecule has 1 aliphatic rings. The normalized spacial score (nSPS) is 22.8. The van der Waals surface area contributed by atoms with E-state index in [1.807, 2.05) is 6.07 Å². The lowest BCUT2D eigenvalue weighted by molar-refractivity contribution is -0.123. The third-order valence-corrected chi connectivity index (χ3v) is 3.93. The molecule has 1 saturated heterocycles. The van der Waals surface area contributed by atoms with E-state index in [2.05, 4.69) is 49.6 Å². The third-order valence-electron chi connectivity index (χ3n) is 3.93. The zero-order valence-electron chi connectivity index (χ0n) is 12.4. The van der Waals surface area contributed by atoms with Crippen LogP contribution in [0, 0.1) is 6.92 Å². The average molecular weight is 276 g/mol. The van der Waals surface area contributed by atoms with Crippen LogP contribution in [0.1, 0.15) is 31.4 Å². The van der Waals surface area contributed by atoms with Gasteiger partial charge < -0.3 is 15.7 Å². The van der Waals surface area contributed by atoms with Gasteiger partial charge in [0.15, 0.2) is 0 Å². The van der Waals surface area contributed by atoms with E-state index >= 15 is 0 Å². The fraction of sp³-hybridized carbons (Fsp3) is 0.562. The average Bonchev–Trinajstić information content (AvgIpc) is 2.83. The van der Waals surface area contributed by atoms with Crippen LogP contribution in [0.15, 0.2) is 24.3 Å². The lowest BCUT2D eigenvalue weighted by atomic mass is 9.84. The van der Waals surface area contributed by atoms with Gasteiger partial charge in [0.2, 0.25) is 5.91 Å². The monoisotopic (exact) mass is 276 g/mol. The Hall–Kier alpha value is -1.39. The van der Waals surface area contributed by atoms with Crippen LogP contribution in [0.4, 0.5) is 0 Å². The van der Waals surface area contributed by atoms with Crippen molar-refractivity contribution < 1.29 is 9.90 Å². The number of benzene rings is 1. The Morgan fingerprint density at radius 2 is 2.25 bits per heavy atom. The van der Waals surface area contributed by atoms with Crippen molar-refractivity contribution in [3.63, 3.8) is 0 Å². The number of aliphatic hydroxyl groups is 1. The van der Waals surface area contributed by atoms with Gasteiger partial charge in [0.1, 0.15) is 0 Å². The van der Waals surface area contributed by atoms with Gasteiger partial charge in [0, 0.05) is 18.5 Å². The van der Waals surface area contributed by atoms with E-state index in [-0.39, 0.29) is 17.4 Å². The zero-order valence-corrected chi connectivity index (χ0v) is 12.4. The summed E-state index contributed by atoms with van der Waals surface area (Å²) < 4.78 is 0. The molecular weight excluding hydrogens is 252 g/mol. The molecule has 0 bridgehead atoms. The van der Waals surface area contributed by atoms with Gasteiger partial charge >= 0.3 is 0 Å². The Morgan fingerprint density at radius 3 is 2.85 bits per heavy atom. The van der Waals surface area contributed by atoms with Gasteiger partial charge in [0.25, 0.3) is 0 Å². The molecule has 3 N–H and O–H groups in total. The summed E-state index contributed by atoms with van der Waals surface area (Å²) in [4.78, 5) is 12.1. The zero-order chi connectivity index (χ0) is 14.8. The molecule has 0 spiro atoms. The molecule has 1 amide bonds. The van der Waals surface area contributed by atoms with Gasteiger partial charge in [-0.25, -0.2) is 0 Å². The van der Waals surface area contributed by atoms with Gasteiger partial charge in [-0.15, -0.1) is 0 Å². The molecule has 1 aromatic carbocycles. The Balaban J connectivity index is 1.93. The van der Waals surface area contributed by atoms with Crippen LogP contribution in [-0.2, 0) is 10.2 Å². The third kappa shape index (κ3) is 3.58. The molecule has 2 rings (SSSR count). The number of nitrogens with one attached hydrogen (secondary N) is 2. The van der Waals surface area contributed by atoms with Gasteiger partial charge in [0.05, 0.1) is 12.1 Å². The molecule has 110 valence electrons. The van der Waals surface area contributed by atoms with Gasteiger partial charge in [-0.3, -0.25) is 4.79 Å². The van der Waals surface area contributed by atoms with E-state index < -0.39 is 6.10 Å². The Kier molecular flexibility index (Phi) is 4.45. The van der Waals surface area contributed by atoms with Crippen LogP contribution in [0.2, 0.25) is 0 Å². The van der Waals surface area contributed by atoms with Gasteiger partial charge in [-0.1, -0.05) is 43.7 Å². The summed E-state index contributed by atoms with van der Waals surface area (Å²) >= 11 is 0. The SMILES string of the molecule is Cc1cccc(C(C)(C)CNC(=O)C2CC(O)CN2)c1. The fourth-order valence-electron chi connectivity index (χ4n) is 2.52. The van der Waals surface area contributed by atoms with Crippen molar-refractivity contribution in [2.75, 3.05) is 13.1 Å². The lowest BCUT2D eigenvalue weighted by Crippen LogP contribution is -2.45. The first-order valence-electron chi connectivity index (χ1n) is 7.15. The highest BCUT2D eigenvalue weighted by molar-refractivity contribution is 5.82. The number of aryl methyl sites for hydroxylation is 1. The first kappa shape index (κ1) is 15.0. The highest BCUT2D eigenvalue weighted by Crippen LogP contribution is 2.23. The van der Waals surface area contributed by atoms with E-state index in [0.29, 0.717) is 19.5 Å². The Bertz CT molecular complexity index is 485. The van der Waals surface area contributed by atoms with Crippen molar-refractivity contribution in [1.82, 2.24) is 10.6 Å². The molecule has 0 aliphatic carbocycles. The van der Waals surface area contributed by atoms with Crippen molar-refractivity contribution in [2.45, 2.75) is 44.8 Å². The smallest absolute Gasteiger partial charge is 0.237 e. The molecule has 2 atom stereocenters. The number of aliphatic hydroxyl groups excluding tert-OH is 1. The highest BCUT2D eigenvalue weighted by Gasteiger charge is 2.29. The second kappa shape index (κ2) is 5.94. The predicted octanol–water partition coefficient (Wildman–Crippen LogP) is 1.11. The lowest BCUT2D eigenvalue weighted by Gasteiger charge is -2.27. The molecule has 1 fully saturated rings. The minimum atomic E-state index is -0.407. The van der Waals surface area contributed by atoms with Crippen LogP contribution in [0.3, 0.4) is 0 Å². The highest BCUT2D eigenvalue weighted by atomic mass is 16.3. The molecule has 4 heteroatoms. The summed E-state index contributed by atoms with van der Waals surface area (Å²) in [6.07, 6.45) is 0.0898. The van der Waals surface area contributed by atoms with E-state index in [1.54, 1.807) is 0 Å². The molecule has 0 radical (unpaired) electrons. The summed E-state index contributed by atoms with van der Waals surface area (Å²) in [6.45, 7) is 7.41. The number of rotatable bonds is 4. The summed E-state index contributed by atoms with van der Waals surface area (Å²) in [7, 11) is 0. The van der Waals surface area contributed by atoms with Crippen molar-refractivity contribution in [3.05, 3.63) is 35.4 Å². The molecule has 20 heavy (non-hydrogen) atoms. The summed E-state index contributed by atoms with van der Waals surface area (Å²) in [5.74, 6) is -0.0257. The van der Waals surface area contributed by atoms with E-state index in [9.17, 15) is 9.90 Å². The topological polar surface area (TPSA) is 61.4 Å². The van der Waals surface area contributed by atoms with Crippen molar-refractivity contribution in [1.29, 1.82) is 0 Å². The van der Waals surface area contributed by atoms with Crippen LogP contribution in [0.25, 0.3) is 0 Å². The molecule has 4 nitrogen and oxygen atoms in total. The number of β-amino-alcohol motifs (C(OH)–C–C–N with tert-alkyl or cyclic N) is 1. The van der Waals surface area contributed by atoms with Crippen molar-refractivity contribution in [3.8, 4) is 0 Å². The number of hydrogen-bond acceptors (Lipinski definition) is 3. The molecule has 2 unspecified atom stereocenters. The van der Waals surface area contributed by atoms with E-state index in [4.69, 9.17) is 0 Å². The van der Waals surface area contributed by atoms with Crippen LogP contribution >= 0.6 is 0 Å². The predicted molar refractivity (Wildman–Crippen MR) is 79.6 cm³/mol. The molecule has 1 aromatic rings. The largest absolute Gasteiger partial charge is 0.392 e. The van der Waals surface area contributed by atoms with E-state index in [1.165, 1.54) is 11.1 Å². The maximum atomic E-state index is 12.1. The quantitative estimate of drug-likeness (QED) is 0.772. The van der Waals surface area contributed by atoms with Crippen molar-refractivity contribution >= 4 is 5.91 Å². The fourth-order valence-corrected chi connectivity index (χ4v) is 2.52. The Morgan fingerprint density at radius 1 is 1.50 bits per heavy atom. The van der Waals surface area contributed by atoms with Gasteiger partial charge in [-0.2, -0.15) is 0 Å². The number of hydrogen-bond donors (Lipinski definition) is 3. The molecular formula is C16H24N2O2. The Labute approximate surface area is 120 Å². The summed E-state index contributed by atoms with van der Waals surface area (Å²) in [5.41, 5.74) is 2.33. The minimum Gasteiger partial charge on any atom is -0.392 e.